The normalized spacial score (nSPS) is 14.3. The molecule has 3 rings (SSSR count). The van der Waals surface area contributed by atoms with Crippen LogP contribution >= 0.6 is 11.6 Å². The third kappa shape index (κ3) is 2.96. The topological polar surface area (TPSA) is 78.5 Å². The van der Waals surface area contributed by atoms with Crippen LogP contribution in [0.5, 0.6) is 0 Å². The van der Waals surface area contributed by atoms with Crippen molar-refractivity contribution in [3.05, 3.63) is 64.7 Å². The first kappa shape index (κ1) is 16.0. The molecule has 1 heterocycles. The Hall–Kier alpha value is -2.86. The molecule has 1 aliphatic heterocycles. The first-order chi connectivity index (χ1) is 11.5. The Morgan fingerprint density at radius 3 is 2.08 bits per heavy atom. The largest absolute Gasteiger partial charge is 0.320 e. The standard InChI is InChI=1S/C17H14ClN3O3/c1-10(19-17(24)20-12-8-6-11(18)7-9-12)21-15(22)13-4-2-3-5-14(13)16(21)23/h2-10H,1H3,(H2,19,20,24). The Balaban J connectivity index is 1.68. The maximum atomic E-state index is 12.3. The van der Waals surface area contributed by atoms with Crippen LogP contribution in [0.25, 0.3) is 0 Å². The van der Waals surface area contributed by atoms with Crippen LogP contribution in [0.15, 0.2) is 48.5 Å². The fourth-order valence-corrected chi connectivity index (χ4v) is 2.64. The minimum absolute atomic E-state index is 0.342. The van der Waals surface area contributed by atoms with E-state index in [9.17, 15) is 14.4 Å². The van der Waals surface area contributed by atoms with Crippen molar-refractivity contribution in [3.8, 4) is 0 Å². The maximum Gasteiger partial charge on any atom is 0.320 e. The van der Waals surface area contributed by atoms with Crippen molar-refractivity contribution in [1.82, 2.24) is 10.2 Å². The Morgan fingerprint density at radius 1 is 1.00 bits per heavy atom. The first-order valence-corrected chi connectivity index (χ1v) is 7.65. The molecule has 1 atom stereocenters. The van der Waals surface area contributed by atoms with E-state index in [1.807, 2.05) is 0 Å². The van der Waals surface area contributed by atoms with E-state index in [0.29, 0.717) is 21.8 Å². The fraction of sp³-hybridized carbons (Fsp3) is 0.118. The molecule has 4 amide bonds. The van der Waals surface area contributed by atoms with E-state index in [4.69, 9.17) is 11.6 Å². The van der Waals surface area contributed by atoms with E-state index in [2.05, 4.69) is 10.6 Å². The highest BCUT2D eigenvalue weighted by Gasteiger charge is 2.38. The van der Waals surface area contributed by atoms with Crippen molar-refractivity contribution in [2.24, 2.45) is 0 Å². The van der Waals surface area contributed by atoms with Gasteiger partial charge in [-0.05, 0) is 43.3 Å². The van der Waals surface area contributed by atoms with E-state index in [0.717, 1.165) is 4.90 Å². The predicted octanol–water partition coefficient (Wildman–Crippen LogP) is 3.10. The van der Waals surface area contributed by atoms with Crippen molar-refractivity contribution < 1.29 is 14.4 Å². The summed E-state index contributed by atoms with van der Waals surface area (Å²) in [7, 11) is 0. The molecule has 1 aliphatic rings. The lowest BCUT2D eigenvalue weighted by molar-refractivity contribution is 0.0581. The average Bonchev–Trinajstić information content (AvgIpc) is 2.81. The summed E-state index contributed by atoms with van der Waals surface area (Å²) in [6.07, 6.45) is -0.787. The number of benzene rings is 2. The van der Waals surface area contributed by atoms with E-state index < -0.39 is 24.0 Å². The van der Waals surface area contributed by atoms with Gasteiger partial charge < -0.3 is 10.6 Å². The average molecular weight is 344 g/mol. The first-order valence-electron chi connectivity index (χ1n) is 7.27. The zero-order chi connectivity index (χ0) is 17.3. The molecule has 122 valence electrons. The van der Waals surface area contributed by atoms with Crippen molar-refractivity contribution in [2.45, 2.75) is 13.1 Å². The highest BCUT2D eigenvalue weighted by molar-refractivity contribution is 6.30. The zero-order valence-electron chi connectivity index (χ0n) is 12.7. The van der Waals surface area contributed by atoms with Gasteiger partial charge in [-0.2, -0.15) is 0 Å². The molecule has 0 saturated carbocycles. The summed E-state index contributed by atoms with van der Waals surface area (Å²) in [4.78, 5) is 37.8. The molecule has 24 heavy (non-hydrogen) atoms. The van der Waals surface area contributed by atoms with E-state index >= 15 is 0 Å². The third-order valence-corrected chi connectivity index (χ3v) is 3.91. The van der Waals surface area contributed by atoms with Gasteiger partial charge in [0.1, 0.15) is 6.17 Å². The summed E-state index contributed by atoms with van der Waals surface area (Å²) in [6.45, 7) is 1.57. The second kappa shape index (κ2) is 6.33. The Bertz CT molecular complexity index is 785. The number of amides is 4. The second-order valence-electron chi connectivity index (χ2n) is 5.31. The van der Waals surface area contributed by atoms with Gasteiger partial charge in [-0.25, -0.2) is 4.79 Å². The SMILES string of the molecule is CC(NC(=O)Nc1ccc(Cl)cc1)N1C(=O)c2ccccc2C1=O. The van der Waals surface area contributed by atoms with Gasteiger partial charge in [0.15, 0.2) is 0 Å². The number of nitrogens with zero attached hydrogens (tertiary/aromatic N) is 1. The number of rotatable bonds is 3. The van der Waals surface area contributed by atoms with E-state index in [-0.39, 0.29) is 0 Å². The number of anilines is 1. The lowest BCUT2D eigenvalue weighted by Crippen LogP contribution is -2.50. The molecule has 2 N–H and O–H groups in total. The number of urea groups is 1. The lowest BCUT2D eigenvalue weighted by Gasteiger charge is -2.23. The molecule has 0 aromatic heterocycles. The predicted molar refractivity (Wildman–Crippen MR) is 90.0 cm³/mol. The molecule has 2 aromatic carbocycles. The minimum atomic E-state index is -0.787. The Kier molecular flexibility index (Phi) is 4.22. The van der Waals surface area contributed by atoms with Crippen molar-refractivity contribution >= 4 is 35.1 Å². The van der Waals surface area contributed by atoms with Crippen LogP contribution in [0.3, 0.4) is 0 Å². The van der Waals surface area contributed by atoms with Crippen molar-refractivity contribution in [3.63, 3.8) is 0 Å². The molecule has 0 bridgehead atoms. The Morgan fingerprint density at radius 2 is 1.54 bits per heavy atom. The summed E-state index contributed by atoms with van der Waals surface area (Å²) in [5.74, 6) is -0.843. The highest BCUT2D eigenvalue weighted by atomic mass is 35.5. The van der Waals surface area contributed by atoms with Gasteiger partial charge in [0.05, 0.1) is 11.1 Å². The van der Waals surface area contributed by atoms with E-state index in [1.165, 1.54) is 0 Å². The third-order valence-electron chi connectivity index (χ3n) is 3.65. The molecule has 1 unspecified atom stereocenters. The van der Waals surface area contributed by atoms with Gasteiger partial charge in [-0.3, -0.25) is 14.5 Å². The van der Waals surface area contributed by atoms with Crippen LogP contribution < -0.4 is 10.6 Å². The van der Waals surface area contributed by atoms with Crippen molar-refractivity contribution in [1.29, 1.82) is 0 Å². The van der Waals surface area contributed by atoms with Gasteiger partial charge in [0.25, 0.3) is 11.8 Å². The molecule has 0 saturated heterocycles. The highest BCUT2D eigenvalue weighted by Crippen LogP contribution is 2.23. The number of halogens is 1. The lowest BCUT2D eigenvalue weighted by atomic mass is 10.1. The van der Waals surface area contributed by atoms with Gasteiger partial charge in [0.2, 0.25) is 0 Å². The van der Waals surface area contributed by atoms with E-state index in [1.54, 1.807) is 55.5 Å². The van der Waals surface area contributed by atoms with Crippen LogP contribution in [0.4, 0.5) is 10.5 Å². The van der Waals surface area contributed by atoms with Crippen LogP contribution in [0.2, 0.25) is 5.02 Å². The van der Waals surface area contributed by atoms with Gasteiger partial charge in [0, 0.05) is 10.7 Å². The van der Waals surface area contributed by atoms with Crippen LogP contribution in [0.1, 0.15) is 27.6 Å². The number of hydrogen-bond acceptors (Lipinski definition) is 3. The summed E-state index contributed by atoms with van der Waals surface area (Å²) < 4.78 is 0. The number of imide groups is 1. The summed E-state index contributed by atoms with van der Waals surface area (Å²) in [5.41, 5.74) is 1.23. The van der Waals surface area contributed by atoms with Gasteiger partial charge in [-0.15, -0.1) is 0 Å². The molecule has 7 heteroatoms. The fourth-order valence-electron chi connectivity index (χ4n) is 2.51. The second-order valence-corrected chi connectivity index (χ2v) is 5.74. The maximum absolute atomic E-state index is 12.3. The molecule has 0 spiro atoms. The van der Waals surface area contributed by atoms with Crippen LogP contribution in [0, 0.1) is 0 Å². The molecular formula is C17H14ClN3O3. The molecule has 6 nitrogen and oxygen atoms in total. The number of carbonyl (C=O) groups is 3. The number of hydrogen-bond donors (Lipinski definition) is 2. The minimum Gasteiger partial charge on any atom is -0.317 e. The molecule has 0 radical (unpaired) electrons. The van der Waals surface area contributed by atoms with Crippen LogP contribution in [-0.4, -0.2) is 28.9 Å². The van der Waals surface area contributed by atoms with Gasteiger partial charge >= 0.3 is 6.03 Å². The molecule has 0 fully saturated rings. The molecule has 2 aromatic rings. The molecule has 0 aliphatic carbocycles. The smallest absolute Gasteiger partial charge is 0.317 e. The number of fused-ring (bicyclic) bond motifs is 1. The summed E-state index contributed by atoms with van der Waals surface area (Å²) in [6, 6.07) is 12.6. The van der Waals surface area contributed by atoms with Crippen LogP contribution in [-0.2, 0) is 0 Å². The van der Waals surface area contributed by atoms with Gasteiger partial charge in [-0.1, -0.05) is 23.7 Å². The number of nitrogens with one attached hydrogen (secondary N) is 2. The Labute approximate surface area is 143 Å². The quantitative estimate of drug-likeness (QED) is 0.840. The monoisotopic (exact) mass is 343 g/mol. The summed E-state index contributed by atoms with van der Waals surface area (Å²) in [5, 5.41) is 5.75. The number of carbonyl (C=O) groups excluding carboxylic acids is 3. The summed E-state index contributed by atoms with van der Waals surface area (Å²) >= 11 is 5.78. The van der Waals surface area contributed by atoms with Crippen molar-refractivity contribution in [2.75, 3.05) is 5.32 Å². The molecular weight excluding hydrogens is 330 g/mol. The zero-order valence-corrected chi connectivity index (χ0v) is 13.5.